The molecule has 0 aliphatic carbocycles. The molecular formula is C12H12F3N3O2S. The predicted molar refractivity (Wildman–Crippen MR) is 74.1 cm³/mol. The van der Waals surface area contributed by atoms with Crippen molar-refractivity contribution < 1.29 is 18.0 Å². The van der Waals surface area contributed by atoms with Gasteiger partial charge in [-0.1, -0.05) is 12.1 Å². The molecule has 2 rings (SSSR count). The first-order valence-electron chi connectivity index (χ1n) is 6.02. The molecule has 114 valence electrons. The quantitative estimate of drug-likeness (QED) is 0.824. The van der Waals surface area contributed by atoms with Gasteiger partial charge >= 0.3 is 5.51 Å². The Morgan fingerprint density at radius 3 is 2.71 bits per heavy atom. The summed E-state index contributed by atoms with van der Waals surface area (Å²) < 4.78 is 36.8. The summed E-state index contributed by atoms with van der Waals surface area (Å²) in [5.41, 5.74) is -4.05. The fourth-order valence-electron chi connectivity index (χ4n) is 1.78. The highest BCUT2D eigenvalue weighted by atomic mass is 32.2. The lowest BCUT2D eigenvalue weighted by molar-refractivity contribution is -0.121. The number of carbonyl (C=O) groups excluding carboxylic acids is 1. The topological polar surface area (TPSA) is 66.9 Å². The van der Waals surface area contributed by atoms with Crippen LogP contribution in [0.15, 0.2) is 29.1 Å². The molecule has 0 fully saturated rings. The third-order valence-electron chi connectivity index (χ3n) is 2.65. The van der Waals surface area contributed by atoms with E-state index in [0.29, 0.717) is 10.9 Å². The number of halogens is 3. The number of aromatic nitrogens is 2. The molecule has 0 unspecified atom stereocenters. The van der Waals surface area contributed by atoms with E-state index in [0.717, 1.165) is 4.68 Å². The molecule has 1 heterocycles. The van der Waals surface area contributed by atoms with E-state index in [2.05, 4.69) is 10.4 Å². The second kappa shape index (κ2) is 6.25. The molecule has 1 aromatic carbocycles. The Morgan fingerprint density at radius 1 is 1.33 bits per heavy atom. The van der Waals surface area contributed by atoms with Crippen LogP contribution in [-0.4, -0.2) is 33.5 Å². The first kappa shape index (κ1) is 15.5. The maximum atomic E-state index is 11.9. The number of amides is 1. The third-order valence-corrected chi connectivity index (χ3v) is 3.39. The number of carbonyl (C=O) groups is 1. The number of benzene rings is 1. The van der Waals surface area contributed by atoms with E-state index in [1.807, 2.05) is 0 Å². The summed E-state index contributed by atoms with van der Waals surface area (Å²) >= 11 is -0.202. The number of para-hydroxylation sites is 1. The number of thioether (sulfide) groups is 1. The van der Waals surface area contributed by atoms with Gasteiger partial charge in [-0.25, -0.2) is 4.68 Å². The van der Waals surface area contributed by atoms with Crippen LogP contribution >= 0.6 is 11.8 Å². The number of nitrogens with zero attached hydrogens (tertiary/aromatic N) is 1. The fourth-order valence-corrected chi connectivity index (χ4v) is 2.21. The van der Waals surface area contributed by atoms with Crippen LogP contribution in [-0.2, 0) is 11.3 Å². The largest absolute Gasteiger partial charge is 0.441 e. The summed E-state index contributed by atoms with van der Waals surface area (Å²) in [7, 11) is 0. The molecule has 2 aromatic rings. The van der Waals surface area contributed by atoms with Gasteiger partial charge in [-0.15, -0.1) is 0 Å². The summed E-state index contributed by atoms with van der Waals surface area (Å²) in [6.45, 7) is -0.373. The van der Waals surface area contributed by atoms with Gasteiger partial charge in [0.25, 0.3) is 5.56 Å². The molecule has 0 spiro atoms. The van der Waals surface area contributed by atoms with Gasteiger partial charge in [0.15, 0.2) is 0 Å². The monoisotopic (exact) mass is 319 g/mol. The second-order valence-electron chi connectivity index (χ2n) is 4.19. The van der Waals surface area contributed by atoms with Gasteiger partial charge in [-0.05, 0) is 23.9 Å². The van der Waals surface area contributed by atoms with Crippen molar-refractivity contribution in [3.8, 4) is 0 Å². The molecular weight excluding hydrogens is 307 g/mol. The van der Waals surface area contributed by atoms with Crippen LogP contribution in [0, 0.1) is 0 Å². The summed E-state index contributed by atoms with van der Waals surface area (Å²) in [6, 6.07) is 6.78. The molecule has 1 amide bonds. The van der Waals surface area contributed by atoms with E-state index in [-0.39, 0.29) is 36.2 Å². The van der Waals surface area contributed by atoms with E-state index in [1.165, 1.54) is 0 Å². The van der Waals surface area contributed by atoms with Gasteiger partial charge in [0.2, 0.25) is 5.91 Å². The van der Waals surface area contributed by atoms with Crippen LogP contribution < -0.4 is 10.9 Å². The lowest BCUT2D eigenvalue weighted by Crippen LogP contribution is -2.33. The first-order chi connectivity index (χ1) is 9.87. The predicted octanol–water partition coefficient (Wildman–Crippen LogP) is 1.70. The molecule has 2 N–H and O–H groups in total. The number of alkyl halides is 3. The zero-order valence-corrected chi connectivity index (χ0v) is 11.6. The standard InChI is InChI=1S/C12H12F3N3O2S/c13-12(14,15)21-6-5-16-10(19)7-18-11(20)8-3-1-2-4-9(8)17-18/h1-4,17H,5-7H2,(H,16,19). The molecule has 5 nitrogen and oxygen atoms in total. The Balaban J connectivity index is 1.90. The number of nitrogens with one attached hydrogen (secondary N) is 2. The highest BCUT2D eigenvalue weighted by Gasteiger charge is 2.27. The zero-order chi connectivity index (χ0) is 15.5. The van der Waals surface area contributed by atoms with Gasteiger partial charge < -0.3 is 5.32 Å². The number of hydrogen-bond donors (Lipinski definition) is 2. The maximum absolute atomic E-state index is 11.9. The van der Waals surface area contributed by atoms with Crippen molar-refractivity contribution in [1.29, 1.82) is 0 Å². The van der Waals surface area contributed by atoms with E-state index in [1.54, 1.807) is 24.3 Å². The van der Waals surface area contributed by atoms with Crippen LogP contribution in [0.5, 0.6) is 0 Å². The van der Waals surface area contributed by atoms with E-state index < -0.39 is 11.4 Å². The molecule has 0 saturated carbocycles. The molecule has 1 aromatic heterocycles. The zero-order valence-electron chi connectivity index (χ0n) is 10.7. The van der Waals surface area contributed by atoms with Crippen molar-refractivity contribution in [2.45, 2.75) is 12.1 Å². The van der Waals surface area contributed by atoms with Crippen LogP contribution in [0.2, 0.25) is 0 Å². The van der Waals surface area contributed by atoms with E-state index in [4.69, 9.17) is 0 Å². The maximum Gasteiger partial charge on any atom is 0.441 e. The van der Waals surface area contributed by atoms with Crippen LogP contribution in [0.4, 0.5) is 13.2 Å². The van der Waals surface area contributed by atoms with Crippen molar-refractivity contribution in [3.63, 3.8) is 0 Å². The molecule has 0 atom stereocenters. The average molecular weight is 319 g/mol. The molecule has 0 saturated heterocycles. The van der Waals surface area contributed by atoms with Crippen molar-refractivity contribution in [2.75, 3.05) is 12.3 Å². The highest BCUT2D eigenvalue weighted by molar-refractivity contribution is 8.00. The highest BCUT2D eigenvalue weighted by Crippen LogP contribution is 2.29. The molecule has 21 heavy (non-hydrogen) atoms. The minimum atomic E-state index is -4.31. The summed E-state index contributed by atoms with van der Waals surface area (Å²) in [4.78, 5) is 23.5. The number of fused-ring (bicyclic) bond motifs is 1. The Morgan fingerprint density at radius 2 is 2.05 bits per heavy atom. The van der Waals surface area contributed by atoms with Crippen LogP contribution in [0.1, 0.15) is 0 Å². The lowest BCUT2D eigenvalue weighted by Gasteiger charge is -2.07. The summed E-state index contributed by atoms with van der Waals surface area (Å²) in [5.74, 6) is -0.789. The average Bonchev–Trinajstić information content (AvgIpc) is 2.71. The Bertz CT molecular complexity index is 693. The number of aromatic amines is 1. The normalized spacial score (nSPS) is 11.8. The Kier molecular flexibility index (Phi) is 4.61. The minimum absolute atomic E-state index is 0.113. The van der Waals surface area contributed by atoms with Gasteiger partial charge in [0.1, 0.15) is 6.54 Å². The smallest absolute Gasteiger partial charge is 0.354 e. The van der Waals surface area contributed by atoms with Gasteiger partial charge in [0.05, 0.1) is 10.9 Å². The lowest BCUT2D eigenvalue weighted by atomic mass is 10.3. The van der Waals surface area contributed by atoms with E-state index in [9.17, 15) is 22.8 Å². The van der Waals surface area contributed by atoms with Crippen molar-refractivity contribution in [1.82, 2.24) is 15.1 Å². The van der Waals surface area contributed by atoms with Gasteiger partial charge in [0, 0.05) is 12.3 Å². The number of hydrogen-bond acceptors (Lipinski definition) is 3. The number of H-pyrrole nitrogens is 1. The second-order valence-corrected chi connectivity index (χ2v) is 5.35. The van der Waals surface area contributed by atoms with E-state index >= 15 is 0 Å². The molecule has 0 bridgehead atoms. The Labute approximate surface area is 121 Å². The summed E-state index contributed by atoms with van der Waals surface area (Å²) in [6.07, 6.45) is 0. The summed E-state index contributed by atoms with van der Waals surface area (Å²) in [5, 5.41) is 5.56. The Hall–Kier alpha value is -1.90. The van der Waals surface area contributed by atoms with Crippen molar-refractivity contribution in [3.05, 3.63) is 34.6 Å². The van der Waals surface area contributed by atoms with Gasteiger partial charge in [-0.3, -0.25) is 14.7 Å². The number of rotatable bonds is 5. The fraction of sp³-hybridized carbons (Fsp3) is 0.333. The van der Waals surface area contributed by atoms with Gasteiger partial charge in [-0.2, -0.15) is 13.2 Å². The first-order valence-corrected chi connectivity index (χ1v) is 7.00. The third kappa shape index (κ3) is 4.28. The van der Waals surface area contributed by atoms with Crippen molar-refractivity contribution >= 4 is 28.6 Å². The van der Waals surface area contributed by atoms with Crippen molar-refractivity contribution in [2.24, 2.45) is 0 Å². The van der Waals surface area contributed by atoms with Crippen LogP contribution in [0.25, 0.3) is 10.9 Å². The minimum Gasteiger partial charge on any atom is -0.354 e. The SMILES string of the molecule is O=C(Cn1[nH]c2ccccc2c1=O)NCCSC(F)(F)F. The molecule has 0 radical (unpaired) electrons. The molecule has 0 aliphatic heterocycles. The molecule has 0 aliphatic rings. The van der Waals surface area contributed by atoms with Crippen LogP contribution in [0.3, 0.4) is 0 Å². The molecule has 9 heteroatoms.